The number of carbonyl (C=O) groups excluding carboxylic acids is 1. The monoisotopic (exact) mass is 363 g/mol. The van der Waals surface area contributed by atoms with Crippen molar-refractivity contribution in [3.05, 3.63) is 35.2 Å². The lowest BCUT2D eigenvalue weighted by molar-refractivity contribution is 0.0488. The van der Waals surface area contributed by atoms with E-state index in [9.17, 15) is 4.79 Å². The summed E-state index contributed by atoms with van der Waals surface area (Å²) in [5.41, 5.74) is 6.09. The van der Waals surface area contributed by atoms with Gasteiger partial charge in [0, 0.05) is 37.8 Å². The summed E-state index contributed by atoms with van der Waals surface area (Å²) in [6.45, 7) is 5.66. The van der Waals surface area contributed by atoms with Crippen LogP contribution in [0.1, 0.15) is 23.2 Å². The number of hydrogen-bond acceptors (Lipinski definition) is 7. The molecule has 2 N–H and O–H groups in total. The van der Waals surface area contributed by atoms with Gasteiger partial charge in [-0.3, -0.25) is 0 Å². The van der Waals surface area contributed by atoms with E-state index in [1.165, 1.54) is 0 Å². The number of aromatic nitrogens is 1. The molecule has 1 aliphatic rings. The Morgan fingerprint density at radius 2 is 2.20 bits per heavy atom. The average molecular weight is 363 g/mol. The minimum Gasteiger partial charge on any atom is -0.460 e. The molecule has 8 nitrogen and oxygen atoms in total. The van der Waals surface area contributed by atoms with E-state index >= 15 is 0 Å². The maximum absolute atomic E-state index is 11.6. The van der Waals surface area contributed by atoms with Gasteiger partial charge in [-0.15, -0.1) is 11.3 Å². The minimum atomic E-state index is -0.469. The van der Waals surface area contributed by atoms with Crippen molar-refractivity contribution >= 4 is 28.4 Å². The predicted octanol–water partition coefficient (Wildman–Crippen LogP) is 1.55. The van der Waals surface area contributed by atoms with Gasteiger partial charge in [-0.05, 0) is 19.1 Å². The van der Waals surface area contributed by atoms with E-state index in [0.29, 0.717) is 18.3 Å². The van der Waals surface area contributed by atoms with Crippen molar-refractivity contribution in [2.75, 3.05) is 37.7 Å². The molecule has 0 unspecified atom stereocenters. The van der Waals surface area contributed by atoms with Crippen LogP contribution in [0.25, 0.3) is 0 Å². The van der Waals surface area contributed by atoms with Crippen molar-refractivity contribution in [3.63, 3.8) is 0 Å². The molecule has 1 saturated heterocycles. The summed E-state index contributed by atoms with van der Waals surface area (Å²) in [6, 6.07) is 3.30. The number of esters is 1. The third-order valence-corrected chi connectivity index (χ3v) is 4.66. The summed E-state index contributed by atoms with van der Waals surface area (Å²) in [6.07, 6.45) is 1.82. The van der Waals surface area contributed by atoms with Crippen molar-refractivity contribution < 1.29 is 13.9 Å². The minimum absolute atomic E-state index is 0.183. The normalized spacial score (nSPS) is 15.5. The third-order valence-electron chi connectivity index (χ3n) is 3.83. The van der Waals surface area contributed by atoms with Gasteiger partial charge in [-0.25, -0.2) is 14.8 Å². The van der Waals surface area contributed by atoms with Crippen LogP contribution >= 0.6 is 11.3 Å². The number of carbonyl (C=O) groups is 1. The molecule has 0 radical (unpaired) electrons. The van der Waals surface area contributed by atoms with E-state index in [0.717, 1.165) is 31.3 Å². The summed E-state index contributed by atoms with van der Waals surface area (Å²) >= 11 is 1.64. The van der Waals surface area contributed by atoms with Gasteiger partial charge in [-0.2, -0.15) is 0 Å². The highest BCUT2D eigenvalue weighted by Gasteiger charge is 2.20. The van der Waals surface area contributed by atoms with Crippen LogP contribution in [0.15, 0.2) is 33.1 Å². The number of thiazole rings is 1. The summed E-state index contributed by atoms with van der Waals surface area (Å²) in [4.78, 5) is 24.6. The van der Waals surface area contributed by atoms with Crippen molar-refractivity contribution in [3.8, 4) is 0 Å². The van der Waals surface area contributed by atoms with Gasteiger partial charge in [-0.1, -0.05) is 0 Å². The van der Waals surface area contributed by atoms with Gasteiger partial charge in [0.2, 0.25) is 5.76 Å². The summed E-state index contributed by atoms with van der Waals surface area (Å²) in [5, 5.41) is 3.02. The molecule has 0 amide bonds. The van der Waals surface area contributed by atoms with Crippen LogP contribution in [0.4, 0.5) is 5.13 Å². The Bertz CT molecular complexity index is 720. The van der Waals surface area contributed by atoms with E-state index in [1.54, 1.807) is 30.4 Å². The molecule has 9 heteroatoms. The summed E-state index contributed by atoms with van der Waals surface area (Å²) in [5.74, 6) is 0.770. The van der Waals surface area contributed by atoms with Crippen LogP contribution < -0.4 is 10.6 Å². The quantitative estimate of drug-likeness (QED) is 0.489. The van der Waals surface area contributed by atoms with E-state index in [1.807, 2.05) is 16.5 Å². The number of nitrogens with two attached hydrogens (primary N) is 1. The van der Waals surface area contributed by atoms with Crippen molar-refractivity contribution in [1.82, 2.24) is 9.88 Å². The largest absolute Gasteiger partial charge is 0.460 e. The molecule has 134 valence electrons. The molecule has 0 aromatic carbocycles. The average Bonchev–Trinajstić information content (AvgIpc) is 3.32. The van der Waals surface area contributed by atoms with Crippen LogP contribution in [-0.2, 0) is 11.3 Å². The highest BCUT2D eigenvalue weighted by molar-refractivity contribution is 7.13. The smallest absolute Gasteiger partial charge is 0.374 e. The van der Waals surface area contributed by atoms with Gasteiger partial charge in [0.25, 0.3) is 0 Å². The van der Waals surface area contributed by atoms with E-state index in [2.05, 4.69) is 14.9 Å². The first-order valence-corrected chi connectivity index (χ1v) is 9.00. The Hall–Kier alpha value is -2.55. The molecule has 2 aromatic heterocycles. The molecule has 2 aromatic rings. The zero-order valence-electron chi connectivity index (χ0n) is 14.1. The van der Waals surface area contributed by atoms with Gasteiger partial charge >= 0.3 is 5.97 Å². The number of anilines is 1. The highest BCUT2D eigenvalue weighted by atomic mass is 32.1. The van der Waals surface area contributed by atoms with Gasteiger partial charge < -0.3 is 24.7 Å². The van der Waals surface area contributed by atoms with Crippen LogP contribution in [0.5, 0.6) is 0 Å². The first-order valence-electron chi connectivity index (χ1n) is 8.12. The Balaban J connectivity index is 1.51. The second-order valence-corrected chi connectivity index (χ2v) is 6.32. The molecule has 0 saturated carbocycles. The second-order valence-electron chi connectivity index (χ2n) is 5.45. The fraction of sp³-hybridized carbons (Fsp3) is 0.438. The number of rotatable bonds is 5. The fourth-order valence-electron chi connectivity index (χ4n) is 2.53. The summed E-state index contributed by atoms with van der Waals surface area (Å²) in [7, 11) is 0. The first-order chi connectivity index (χ1) is 12.2. The maximum Gasteiger partial charge on any atom is 0.374 e. The Morgan fingerprint density at radius 3 is 2.88 bits per heavy atom. The Kier molecular flexibility index (Phi) is 5.54. The molecule has 25 heavy (non-hydrogen) atoms. The SMILES string of the molecule is CCOC(=O)c1ccc(CN=C(N)N2CCN(c3nccs3)CC2)o1. The number of piperazine rings is 1. The molecule has 3 rings (SSSR count). The first kappa shape index (κ1) is 17.3. The van der Waals surface area contributed by atoms with Gasteiger partial charge in [0.1, 0.15) is 12.3 Å². The van der Waals surface area contributed by atoms with Gasteiger partial charge in [0.15, 0.2) is 11.1 Å². The molecule has 0 spiro atoms. The van der Waals surface area contributed by atoms with Crippen molar-refractivity contribution in [1.29, 1.82) is 0 Å². The van der Waals surface area contributed by atoms with Gasteiger partial charge in [0.05, 0.1) is 6.61 Å². The van der Waals surface area contributed by atoms with Crippen molar-refractivity contribution in [2.45, 2.75) is 13.5 Å². The number of aliphatic imine (C=N–C) groups is 1. The van der Waals surface area contributed by atoms with Crippen LogP contribution in [0, 0.1) is 0 Å². The predicted molar refractivity (Wildman–Crippen MR) is 95.9 cm³/mol. The standard InChI is InChI=1S/C16H21N5O3S/c1-2-23-14(22)13-4-3-12(24-13)11-19-15(17)20-6-8-21(9-7-20)16-18-5-10-25-16/h3-5,10H,2,6-9,11H2,1H3,(H2,17,19). The lowest BCUT2D eigenvalue weighted by Gasteiger charge is -2.35. The van der Waals surface area contributed by atoms with Crippen LogP contribution in [-0.4, -0.2) is 54.6 Å². The van der Waals surface area contributed by atoms with Crippen LogP contribution in [0.2, 0.25) is 0 Å². The molecule has 0 atom stereocenters. The Morgan fingerprint density at radius 1 is 1.40 bits per heavy atom. The fourth-order valence-corrected chi connectivity index (χ4v) is 3.23. The molecule has 0 aliphatic carbocycles. The third kappa shape index (κ3) is 4.30. The Labute approximate surface area is 149 Å². The lowest BCUT2D eigenvalue weighted by atomic mass is 10.3. The maximum atomic E-state index is 11.6. The number of guanidine groups is 1. The highest BCUT2D eigenvalue weighted by Crippen LogP contribution is 2.18. The molecule has 3 heterocycles. The van der Waals surface area contributed by atoms with E-state index in [-0.39, 0.29) is 12.3 Å². The number of nitrogens with zero attached hydrogens (tertiary/aromatic N) is 4. The second kappa shape index (κ2) is 8.02. The van der Waals surface area contributed by atoms with Crippen LogP contribution in [0.3, 0.4) is 0 Å². The molecule has 0 bridgehead atoms. The topological polar surface area (TPSA) is 97.2 Å². The molecular formula is C16H21N5O3S. The zero-order chi connectivity index (χ0) is 17.6. The number of hydrogen-bond donors (Lipinski definition) is 1. The molecular weight excluding hydrogens is 342 g/mol. The number of ether oxygens (including phenoxy) is 1. The van der Waals surface area contributed by atoms with Crippen molar-refractivity contribution in [2.24, 2.45) is 10.7 Å². The van der Waals surface area contributed by atoms with E-state index < -0.39 is 5.97 Å². The lowest BCUT2D eigenvalue weighted by Crippen LogP contribution is -2.51. The van der Waals surface area contributed by atoms with E-state index in [4.69, 9.17) is 14.9 Å². The number of furan rings is 1. The molecule has 1 fully saturated rings. The molecule has 1 aliphatic heterocycles. The zero-order valence-corrected chi connectivity index (χ0v) is 14.9. The summed E-state index contributed by atoms with van der Waals surface area (Å²) < 4.78 is 10.3.